The predicted octanol–water partition coefficient (Wildman–Crippen LogP) is 1.59. The van der Waals surface area contributed by atoms with Gasteiger partial charge in [0.05, 0.1) is 19.1 Å². The van der Waals surface area contributed by atoms with Gasteiger partial charge in [0.2, 0.25) is 5.91 Å². The Morgan fingerprint density at radius 3 is 2.65 bits per heavy atom. The van der Waals surface area contributed by atoms with Crippen LogP contribution >= 0.6 is 0 Å². The van der Waals surface area contributed by atoms with Crippen LogP contribution in [0.4, 0.5) is 5.69 Å². The Balaban J connectivity index is 2.47. The van der Waals surface area contributed by atoms with Crippen molar-refractivity contribution >= 4 is 11.6 Å². The monoisotopic (exact) mass is 275 g/mol. The lowest BCUT2D eigenvalue weighted by Gasteiger charge is -2.21. The number of nitrogen functional groups attached to an aromatic ring is 1. The summed E-state index contributed by atoms with van der Waals surface area (Å²) in [5.41, 5.74) is 7.42. The van der Waals surface area contributed by atoms with Crippen molar-refractivity contribution in [2.75, 3.05) is 32.5 Å². The summed E-state index contributed by atoms with van der Waals surface area (Å²) in [5.74, 6) is 0.0501. The fourth-order valence-corrected chi connectivity index (χ4v) is 1.84. The molecule has 5 heteroatoms. The number of amides is 1. The fraction of sp³-hybridized carbons (Fsp3) is 0.467. The largest absolute Gasteiger partial charge is 0.399 e. The standard InChI is InChI=1S/C15H21N3O2/c1-20-12-11-18(10-2-9-16)15(19)8-5-13-3-6-14(17)7-4-13/h3-4,6-7H,2,5,8,10-12,17H2,1H3. The van der Waals surface area contributed by atoms with E-state index in [1.165, 1.54) is 0 Å². The zero-order valence-corrected chi connectivity index (χ0v) is 11.8. The van der Waals surface area contributed by atoms with E-state index in [1.54, 1.807) is 12.0 Å². The van der Waals surface area contributed by atoms with E-state index in [4.69, 9.17) is 15.7 Å². The number of anilines is 1. The number of carbonyl (C=O) groups is 1. The highest BCUT2D eigenvalue weighted by Crippen LogP contribution is 2.09. The molecule has 0 fully saturated rings. The van der Waals surface area contributed by atoms with Gasteiger partial charge in [-0.15, -0.1) is 0 Å². The number of ether oxygens (including phenoxy) is 1. The lowest BCUT2D eigenvalue weighted by atomic mass is 10.1. The molecule has 0 heterocycles. The van der Waals surface area contributed by atoms with Gasteiger partial charge in [-0.3, -0.25) is 4.79 Å². The smallest absolute Gasteiger partial charge is 0.223 e. The summed E-state index contributed by atoms with van der Waals surface area (Å²) in [7, 11) is 1.60. The van der Waals surface area contributed by atoms with Crippen molar-refractivity contribution in [2.24, 2.45) is 0 Å². The van der Waals surface area contributed by atoms with Crippen molar-refractivity contribution in [2.45, 2.75) is 19.3 Å². The number of carbonyl (C=O) groups excluding carboxylic acids is 1. The molecule has 0 atom stereocenters. The Morgan fingerprint density at radius 2 is 2.05 bits per heavy atom. The molecule has 0 unspecified atom stereocenters. The summed E-state index contributed by atoms with van der Waals surface area (Å²) in [6, 6.07) is 9.58. The van der Waals surface area contributed by atoms with Gasteiger partial charge in [-0.1, -0.05) is 12.1 Å². The maximum Gasteiger partial charge on any atom is 0.223 e. The zero-order chi connectivity index (χ0) is 14.8. The van der Waals surface area contributed by atoms with Crippen LogP contribution in [-0.2, 0) is 16.0 Å². The van der Waals surface area contributed by atoms with Crippen LogP contribution < -0.4 is 5.73 Å². The summed E-state index contributed by atoms with van der Waals surface area (Å²) in [6.07, 6.45) is 1.45. The molecule has 108 valence electrons. The van der Waals surface area contributed by atoms with Crippen LogP contribution in [0.25, 0.3) is 0 Å². The third-order valence-corrected chi connectivity index (χ3v) is 3.02. The Kier molecular flexibility index (Phi) is 7.15. The molecule has 0 spiro atoms. The second-order valence-corrected chi connectivity index (χ2v) is 4.52. The van der Waals surface area contributed by atoms with Crippen LogP contribution in [0.2, 0.25) is 0 Å². The van der Waals surface area contributed by atoms with Gasteiger partial charge in [-0.25, -0.2) is 0 Å². The number of benzene rings is 1. The first kappa shape index (κ1) is 16.0. The molecule has 1 aromatic carbocycles. The van der Waals surface area contributed by atoms with E-state index in [-0.39, 0.29) is 5.91 Å². The van der Waals surface area contributed by atoms with Crippen LogP contribution in [0.3, 0.4) is 0 Å². The second kappa shape index (κ2) is 8.94. The Bertz CT molecular complexity index is 451. The number of nitriles is 1. The quantitative estimate of drug-likeness (QED) is 0.731. The van der Waals surface area contributed by atoms with Crippen LogP contribution in [0.1, 0.15) is 18.4 Å². The molecule has 0 aliphatic carbocycles. The van der Waals surface area contributed by atoms with Gasteiger partial charge in [-0.2, -0.15) is 5.26 Å². The number of hydrogen-bond acceptors (Lipinski definition) is 4. The highest BCUT2D eigenvalue weighted by atomic mass is 16.5. The molecule has 1 rings (SSSR count). The maximum absolute atomic E-state index is 12.1. The Morgan fingerprint density at radius 1 is 1.35 bits per heavy atom. The van der Waals surface area contributed by atoms with Crippen molar-refractivity contribution in [1.82, 2.24) is 4.90 Å². The number of methoxy groups -OCH3 is 1. The number of nitrogens with zero attached hydrogens (tertiary/aromatic N) is 2. The van der Waals surface area contributed by atoms with Gasteiger partial charge in [0.25, 0.3) is 0 Å². The molecule has 1 aromatic rings. The fourth-order valence-electron chi connectivity index (χ4n) is 1.84. The number of nitrogens with two attached hydrogens (primary N) is 1. The van der Waals surface area contributed by atoms with Crippen molar-refractivity contribution in [3.63, 3.8) is 0 Å². The average molecular weight is 275 g/mol. The van der Waals surface area contributed by atoms with Crippen LogP contribution in [-0.4, -0.2) is 37.6 Å². The summed E-state index contributed by atoms with van der Waals surface area (Å²) >= 11 is 0. The summed E-state index contributed by atoms with van der Waals surface area (Å²) in [4.78, 5) is 13.8. The van der Waals surface area contributed by atoms with Gasteiger partial charge in [-0.05, 0) is 24.1 Å². The minimum Gasteiger partial charge on any atom is -0.399 e. The van der Waals surface area contributed by atoms with E-state index >= 15 is 0 Å². The molecule has 0 aliphatic heterocycles. The predicted molar refractivity (Wildman–Crippen MR) is 77.9 cm³/mol. The lowest BCUT2D eigenvalue weighted by Crippen LogP contribution is -2.34. The highest BCUT2D eigenvalue weighted by Gasteiger charge is 2.12. The number of aryl methyl sites for hydroxylation is 1. The van der Waals surface area contributed by atoms with Gasteiger partial charge in [0.1, 0.15) is 0 Å². The molecule has 0 saturated carbocycles. The van der Waals surface area contributed by atoms with Crippen LogP contribution in [0.5, 0.6) is 0 Å². The first-order valence-electron chi connectivity index (χ1n) is 6.65. The van der Waals surface area contributed by atoms with Crippen molar-refractivity contribution in [1.29, 1.82) is 5.26 Å². The third kappa shape index (κ3) is 5.72. The molecular weight excluding hydrogens is 254 g/mol. The molecule has 2 N–H and O–H groups in total. The summed E-state index contributed by atoms with van der Waals surface area (Å²) in [6.45, 7) is 1.47. The molecule has 5 nitrogen and oxygen atoms in total. The third-order valence-electron chi connectivity index (χ3n) is 3.02. The highest BCUT2D eigenvalue weighted by molar-refractivity contribution is 5.76. The van der Waals surface area contributed by atoms with Crippen molar-refractivity contribution < 1.29 is 9.53 Å². The molecule has 1 amide bonds. The molecule has 0 radical (unpaired) electrons. The second-order valence-electron chi connectivity index (χ2n) is 4.52. The zero-order valence-electron chi connectivity index (χ0n) is 11.8. The SMILES string of the molecule is COCCN(CCC#N)C(=O)CCc1ccc(N)cc1. The summed E-state index contributed by atoms with van der Waals surface area (Å²) in [5, 5.41) is 8.63. The molecule has 20 heavy (non-hydrogen) atoms. The first-order chi connectivity index (χ1) is 9.67. The first-order valence-corrected chi connectivity index (χ1v) is 6.65. The van der Waals surface area contributed by atoms with Gasteiger partial charge >= 0.3 is 0 Å². The Labute approximate surface area is 119 Å². The van der Waals surface area contributed by atoms with E-state index in [0.29, 0.717) is 39.0 Å². The normalized spacial score (nSPS) is 10.0. The molecular formula is C15H21N3O2. The minimum absolute atomic E-state index is 0.0501. The molecule has 0 bridgehead atoms. The van der Waals surface area contributed by atoms with Crippen LogP contribution in [0, 0.1) is 11.3 Å². The molecule has 0 saturated heterocycles. The Hall–Kier alpha value is -2.06. The lowest BCUT2D eigenvalue weighted by molar-refractivity contribution is -0.131. The number of rotatable bonds is 8. The average Bonchev–Trinajstić information content (AvgIpc) is 2.46. The maximum atomic E-state index is 12.1. The van der Waals surface area contributed by atoms with E-state index in [0.717, 1.165) is 11.3 Å². The van der Waals surface area contributed by atoms with Gasteiger partial charge < -0.3 is 15.4 Å². The van der Waals surface area contributed by atoms with E-state index in [1.807, 2.05) is 24.3 Å². The van der Waals surface area contributed by atoms with Crippen molar-refractivity contribution in [3.8, 4) is 6.07 Å². The van der Waals surface area contributed by atoms with E-state index in [9.17, 15) is 4.79 Å². The molecule has 0 aromatic heterocycles. The van der Waals surface area contributed by atoms with Crippen LogP contribution in [0.15, 0.2) is 24.3 Å². The topological polar surface area (TPSA) is 79.3 Å². The summed E-state index contributed by atoms with van der Waals surface area (Å²) < 4.78 is 4.99. The van der Waals surface area contributed by atoms with E-state index < -0.39 is 0 Å². The van der Waals surface area contributed by atoms with E-state index in [2.05, 4.69) is 6.07 Å². The molecule has 0 aliphatic rings. The minimum atomic E-state index is 0.0501. The number of hydrogen-bond donors (Lipinski definition) is 1. The van der Waals surface area contributed by atoms with Crippen molar-refractivity contribution in [3.05, 3.63) is 29.8 Å². The van der Waals surface area contributed by atoms with Gasteiger partial charge in [0, 0.05) is 32.3 Å². The van der Waals surface area contributed by atoms with Gasteiger partial charge in [0.15, 0.2) is 0 Å².